The molecule has 1 N–H and O–H groups in total. The molecule has 0 aliphatic rings. The van der Waals surface area contributed by atoms with Gasteiger partial charge < -0.3 is 10.1 Å². The molecule has 0 unspecified atom stereocenters. The van der Waals surface area contributed by atoms with Crippen LogP contribution < -0.4 is 10.1 Å². The van der Waals surface area contributed by atoms with Crippen LogP contribution in [0.25, 0.3) is 10.9 Å². The molecular formula is C19H20F3N5O2. The van der Waals surface area contributed by atoms with Crippen molar-refractivity contribution in [1.82, 2.24) is 25.1 Å². The Morgan fingerprint density at radius 2 is 2.07 bits per heavy atom. The smallest absolute Gasteiger partial charge is 0.392 e. The lowest BCUT2D eigenvalue weighted by Crippen LogP contribution is -2.24. The average Bonchev–Trinajstić information content (AvgIpc) is 3.06. The van der Waals surface area contributed by atoms with Crippen LogP contribution in [-0.2, 0) is 17.8 Å². The Labute approximate surface area is 164 Å². The Hall–Kier alpha value is -3.17. The summed E-state index contributed by atoms with van der Waals surface area (Å²) < 4.78 is 43.2. The van der Waals surface area contributed by atoms with E-state index in [0.717, 1.165) is 16.5 Å². The van der Waals surface area contributed by atoms with Gasteiger partial charge in [0, 0.05) is 36.6 Å². The maximum Gasteiger partial charge on any atom is 0.392 e. The number of pyridine rings is 2. The lowest BCUT2D eigenvalue weighted by atomic mass is 10.2. The predicted octanol–water partition coefficient (Wildman–Crippen LogP) is 2.88. The van der Waals surface area contributed by atoms with E-state index in [1.807, 2.05) is 13.1 Å². The fourth-order valence-corrected chi connectivity index (χ4v) is 2.73. The first-order chi connectivity index (χ1) is 13.8. The van der Waals surface area contributed by atoms with Gasteiger partial charge in [0.05, 0.1) is 37.2 Å². The molecule has 0 aliphatic carbocycles. The van der Waals surface area contributed by atoms with E-state index in [0.29, 0.717) is 18.8 Å². The summed E-state index contributed by atoms with van der Waals surface area (Å²) in [4.78, 5) is 20.2. The first kappa shape index (κ1) is 20.6. The fourth-order valence-electron chi connectivity index (χ4n) is 2.73. The molecular weight excluding hydrogens is 387 g/mol. The number of hydrogen-bond donors (Lipinski definition) is 1. The summed E-state index contributed by atoms with van der Waals surface area (Å²) in [5.74, 6) is 0.0302. The average molecular weight is 407 g/mol. The molecule has 7 nitrogen and oxygen atoms in total. The second kappa shape index (κ2) is 8.89. The van der Waals surface area contributed by atoms with Crippen molar-refractivity contribution in [2.24, 2.45) is 0 Å². The number of halogens is 3. The SMILES string of the molecule is CCNC(=O)Cc1nccc2nn(Cc3ccc(OCCC(F)(F)F)nc3)cc12. The van der Waals surface area contributed by atoms with Gasteiger partial charge in [-0.15, -0.1) is 0 Å². The monoisotopic (exact) mass is 407 g/mol. The molecule has 0 saturated carbocycles. The number of likely N-dealkylation sites (N-methyl/N-ethyl adjacent to an activating group) is 1. The third-order valence-electron chi connectivity index (χ3n) is 4.04. The number of nitrogens with one attached hydrogen (secondary N) is 1. The third kappa shape index (κ3) is 5.90. The van der Waals surface area contributed by atoms with Crippen molar-refractivity contribution in [2.75, 3.05) is 13.2 Å². The molecule has 0 atom stereocenters. The molecule has 1 amide bonds. The topological polar surface area (TPSA) is 81.9 Å². The van der Waals surface area contributed by atoms with Crippen LogP contribution in [0, 0.1) is 0 Å². The van der Waals surface area contributed by atoms with Crippen LogP contribution in [0.4, 0.5) is 13.2 Å². The summed E-state index contributed by atoms with van der Waals surface area (Å²) in [7, 11) is 0. The maximum absolute atomic E-state index is 12.2. The van der Waals surface area contributed by atoms with Crippen LogP contribution in [0.3, 0.4) is 0 Å². The van der Waals surface area contributed by atoms with Crippen molar-refractivity contribution < 1.29 is 22.7 Å². The Morgan fingerprint density at radius 1 is 1.24 bits per heavy atom. The van der Waals surface area contributed by atoms with Crippen LogP contribution in [0.15, 0.2) is 36.8 Å². The Balaban J connectivity index is 1.66. The van der Waals surface area contributed by atoms with E-state index in [2.05, 4.69) is 20.4 Å². The van der Waals surface area contributed by atoms with E-state index in [1.54, 1.807) is 23.0 Å². The fraction of sp³-hybridized carbons (Fsp3) is 0.368. The standard InChI is InChI=1S/C19H20F3N5O2/c1-2-23-17(28)9-16-14-12-27(26-15(14)5-7-24-16)11-13-3-4-18(25-10-13)29-8-6-19(20,21)22/h3-5,7,10,12H,2,6,8-9,11H2,1H3,(H,23,28). The van der Waals surface area contributed by atoms with Gasteiger partial charge in [0.25, 0.3) is 0 Å². The van der Waals surface area contributed by atoms with Crippen LogP contribution in [0.5, 0.6) is 5.88 Å². The molecule has 10 heteroatoms. The first-order valence-corrected chi connectivity index (χ1v) is 9.06. The zero-order valence-corrected chi connectivity index (χ0v) is 15.7. The van der Waals surface area contributed by atoms with Gasteiger partial charge in [0.2, 0.25) is 11.8 Å². The van der Waals surface area contributed by atoms with Gasteiger partial charge in [-0.25, -0.2) is 4.98 Å². The molecule has 3 aromatic heterocycles. The first-order valence-electron chi connectivity index (χ1n) is 9.06. The van der Waals surface area contributed by atoms with Gasteiger partial charge in [-0.1, -0.05) is 6.07 Å². The highest BCUT2D eigenvalue weighted by atomic mass is 19.4. The molecule has 0 aromatic carbocycles. The van der Waals surface area contributed by atoms with Gasteiger partial charge in [0.15, 0.2) is 0 Å². The van der Waals surface area contributed by atoms with Crippen molar-refractivity contribution in [3.8, 4) is 5.88 Å². The van der Waals surface area contributed by atoms with Gasteiger partial charge in [0.1, 0.15) is 0 Å². The molecule has 0 saturated heterocycles. The molecule has 0 bridgehead atoms. The lowest BCUT2D eigenvalue weighted by Gasteiger charge is -2.08. The summed E-state index contributed by atoms with van der Waals surface area (Å²) >= 11 is 0. The van der Waals surface area contributed by atoms with Crippen LogP contribution in [-0.4, -0.2) is 45.0 Å². The van der Waals surface area contributed by atoms with E-state index in [1.165, 1.54) is 12.3 Å². The Kier molecular flexibility index (Phi) is 6.30. The normalized spacial score (nSPS) is 11.6. The predicted molar refractivity (Wildman–Crippen MR) is 99.4 cm³/mol. The summed E-state index contributed by atoms with van der Waals surface area (Å²) in [6.07, 6.45) is -0.158. The number of carbonyl (C=O) groups excluding carboxylic acids is 1. The van der Waals surface area contributed by atoms with E-state index < -0.39 is 19.2 Å². The number of fused-ring (bicyclic) bond motifs is 1. The molecule has 3 aromatic rings. The number of rotatable bonds is 8. The van der Waals surface area contributed by atoms with E-state index in [9.17, 15) is 18.0 Å². The molecule has 0 spiro atoms. The quantitative estimate of drug-likeness (QED) is 0.621. The van der Waals surface area contributed by atoms with E-state index in [-0.39, 0.29) is 18.2 Å². The minimum atomic E-state index is -4.26. The van der Waals surface area contributed by atoms with Crippen molar-refractivity contribution >= 4 is 16.8 Å². The van der Waals surface area contributed by atoms with Crippen LogP contribution in [0.1, 0.15) is 24.6 Å². The highest BCUT2D eigenvalue weighted by Gasteiger charge is 2.26. The molecule has 0 radical (unpaired) electrons. The van der Waals surface area contributed by atoms with Gasteiger partial charge in [-0.05, 0) is 18.6 Å². The van der Waals surface area contributed by atoms with Gasteiger partial charge >= 0.3 is 6.18 Å². The summed E-state index contributed by atoms with van der Waals surface area (Å²) in [6.45, 7) is 2.34. The number of aromatic nitrogens is 4. The number of amides is 1. The zero-order valence-electron chi connectivity index (χ0n) is 15.7. The molecule has 3 rings (SSSR count). The third-order valence-corrected chi connectivity index (χ3v) is 4.04. The highest BCUT2D eigenvalue weighted by molar-refractivity contribution is 5.86. The zero-order chi connectivity index (χ0) is 20.9. The Morgan fingerprint density at radius 3 is 2.76 bits per heavy atom. The largest absolute Gasteiger partial charge is 0.477 e. The number of alkyl halides is 3. The molecule has 3 heterocycles. The van der Waals surface area contributed by atoms with Gasteiger partial charge in [-0.2, -0.15) is 18.3 Å². The van der Waals surface area contributed by atoms with Gasteiger partial charge in [-0.3, -0.25) is 14.5 Å². The summed E-state index contributed by atoms with van der Waals surface area (Å²) in [5, 5.41) is 8.02. The molecule has 0 aliphatic heterocycles. The van der Waals surface area contributed by atoms with Crippen molar-refractivity contribution in [3.05, 3.63) is 48.0 Å². The minimum absolute atomic E-state index is 0.106. The molecule has 0 fully saturated rings. The molecule has 154 valence electrons. The second-order valence-corrected chi connectivity index (χ2v) is 6.37. The number of ether oxygens (including phenoxy) is 1. The summed E-state index contributed by atoms with van der Waals surface area (Å²) in [5.41, 5.74) is 2.17. The van der Waals surface area contributed by atoms with E-state index >= 15 is 0 Å². The number of nitrogens with zero attached hydrogens (tertiary/aromatic N) is 4. The van der Waals surface area contributed by atoms with Crippen LogP contribution >= 0.6 is 0 Å². The Bertz CT molecular complexity index is 970. The highest BCUT2D eigenvalue weighted by Crippen LogP contribution is 2.20. The number of carbonyl (C=O) groups is 1. The van der Waals surface area contributed by atoms with Crippen molar-refractivity contribution in [2.45, 2.75) is 32.5 Å². The summed E-state index contributed by atoms with van der Waals surface area (Å²) in [6, 6.07) is 5.01. The van der Waals surface area contributed by atoms with Crippen LogP contribution in [0.2, 0.25) is 0 Å². The molecule has 29 heavy (non-hydrogen) atoms. The second-order valence-electron chi connectivity index (χ2n) is 6.37. The van der Waals surface area contributed by atoms with Crippen molar-refractivity contribution in [1.29, 1.82) is 0 Å². The minimum Gasteiger partial charge on any atom is -0.477 e. The van der Waals surface area contributed by atoms with Crippen molar-refractivity contribution in [3.63, 3.8) is 0 Å². The number of hydrogen-bond acceptors (Lipinski definition) is 5. The maximum atomic E-state index is 12.2. The lowest BCUT2D eigenvalue weighted by molar-refractivity contribution is -0.139. The van der Waals surface area contributed by atoms with E-state index in [4.69, 9.17) is 4.74 Å².